The van der Waals surface area contributed by atoms with E-state index >= 15 is 0 Å². The molecule has 4 nitrogen and oxygen atoms in total. The van der Waals surface area contributed by atoms with Gasteiger partial charge in [0, 0.05) is 6.54 Å². The van der Waals surface area contributed by atoms with Crippen molar-refractivity contribution in [3.05, 3.63) is 35.4 Å². The van der Waals surface area contributed by atoms with Gasteiger partial charge < -0.3 is 9.84 Å². The molecule has 0 aromatic heterocycles. The highest BCUT2D eigenvalue weighted by atomic mass is 35.5. The van der Waals surface area contributed by atoms with Gasteiger partial charge in [0.2, 0.25) is 0 Å². The van der Waals surface area contributed by atoms with Gasteiger partial charge in [0.05, 0.1) is 12.0 Å². The molecule has 0 spiro atoms. The van der Waals surface area contributed by atoms with Gasteiger partial charge in [-0.1, -0.05) is 37.1 Å². The van der Waals surface area contributed by atoms with E-state index in [1.54, 1.807) is 0 Å². The predicted molar refractivity (Wildman–Crippen MR) is 96.4 cm³/mol. The highest BCUT2D eigenvalue weighted by Crippen LogP contribution is 2.40. The maximum atomic E-state index is 12.1. The molecule has 1 saturated heterocycles. The minimum Gasteiger partial charge on any atom is -0.464 e. The molecule has 134 valence electrons. The van der Waals surface area contributed by atoms with Crippen molar-refractivity contribution in [2.24, 2.45) is 0 Å². The Labute approximate surface area is 150 Å². The molecule has 0 amide bonds. The van der Waals surface area contributed by atoms with Crippen LogP contribution in [0.1, 0.15) is 49.7 Å². The summed E-state index contributed by atoms with van der Waals surface area (Å²) in [6, 6.07) is 7.76. The van der Waals surface area contributed by atoms with Gasteiger partial charge in [-0.2, -0.15) is 0 Å². The first kappa shape index (κ1) is 19.2. The van der Waals surface area contributed by atoms with Crippen LogP contribution in [0.5, 0.6) is 0 Å². The zero-order chi connectivity index (χ0) is 16.1. The zero-order valence-electron chi connectivity index (χ0n) is 14.2. The Morgan fingerprint density at radius 1 is 1.12 bits per heavy atom. The summed E-state index contributed by atoms with van der Waals surface area (Å²) in [6.07, 6.45) is 6.41. The topological polar surface area (TPSA) is 49.8 Å². The van der Waals surface area contributed by atoms with Gasteiger partial charge in [-0.15, -0.1) is 12.4 Å². The van der Waals surface area contributed by atoms with Gasteiger partial charge in [0.15, 0.2) is 0 Å². The minimum absolute atomic E-state index is 0. The second-order valence-corrected chi connectivity index (χ2v) is 6.84. The number of hydrogen-bond donors (Lipinski definition) is 1. The van der Waals surface area contributed by atoms with Gasteiger partial charge in [-0.05, 0) is 49.9 Å². The van der Waals surface area contributed by atoms with E-state index in [1.165, 1.54) is 12.8 Å². The second kappa shape index (κ2) is 8.84. The third-order valence-corrected chi connectivity index (χ3v) is 5.15. The minimum atomic E-state index is -0.758. The maximum Gasteiger partial charge on any atom is 0.310 e. The molecule has 1 aromatic carbocycles. The quantitative estimate of drug-likeness (QED) is 0.798. The summed E-state index contributed by atoms with van der Waals surface area (Å²) in [5.74, 6) is -0.196. The number of esters is 1. The van der Waals surface area contributed by atoms with Crippen LogP contribution in [0.3, 0.4) is 0 Å². The Bertz CT molecular complexity index is 537. The highest BCUT2D eigenvalue weighted by Gasteiger charge is 2.34. The Hall–Kier alpha value is -1.10. The lowest BCUT2D eigenvalue weighted by Crippen LogP contribution is -2.26. The third-order valence-electron chi connectivity index (χ3n) is 5.15. The number of ether oxygens (including phenoxy) is 1. The summed E-state index contributed by atoms with van der Waals surface area (Å²) in [4.78, 5) is 14.5. The highest BCUT2D eigenvalue weighted by molar-refractivity contribution is 5.85. The molecule has 2 fully saturated rings. The smallest absolute Gasteiger partial charge is 0.310 e. The monoisotopic (exact) mass is 353 g/mol. The van der Waals surface area contributed by atoms with Crippen molar-refractivity contribution < 1.29 is 14.6 Å². The van der Waals surface area contributed by atoms with E-state index in [0.29, 0.717) is 6.61 Å². The molecule has 0 atom stereocenters. The summed E-state index contributed by atoms with van der Waals surface area (Å²) in [7, 11) is 0. The molecular formula is C19H28ClNO3. The normalized spacial score (nSPS) is 19.9. The molecule has 1 aliphatic heterocycles. The van der Waals surface area contributed by atoms with Crippen molar-refractivity contribution in [1.82, 2.24) is 4.90 Å². The largest absolute Gasteiger partial charge is 0.464 e. The summed E-state index contributed by atoms with van der Waals surface area (Å²) < 4.78 is 5.40. The first-order valence-corrected chi connectivity index (χ1v) is 8.86. The lowest BCUT2D eigenvalue weighted by molar-refractivity contribution is -0.143. The number of hydrogen-bond acceptors (Lipinski definition) is 4. The second-order valence-electron chi connectivity index (χ2n) is 6.84. The summed E-state index contributed by atoms with van der Waals surface area (Å²) >= 11 is 0. The SMILES string of the molecule is Cl.O=C(Cc1ccccc1C1(O)CCCC1)OCCN1CCCC1. The molecule has 1 heterocycles. The molecule has 1 N–H and O–H groups in total. The number of carbonyl (C=O) groups excluding carboxylic acids is 1. The van der Waals surface area contributed by atoms with Gasteiger partial charge in [-0.3, -0.25) is 9.69 Å². The molecule has 1 aromatic rings. The van der Waals surface area contributed by atoms with Crippen molar-refractivity contribution in [1.29, 1.82) is 0 Å². The van der Waals surface area contributed by atoms with Crippen LogP contribution in [0, 0.1) is 0 Å². The Morgan fingerprint density at radius 2 is 1.79 bits per heavy atom. The van der Waals surface area contributed by atoms with Gasteiger partial charge in [0.1, 0.15) is 6.61 Å². The molecule has 0 radical (unpaired) electrons. The fraction of sp³-hybridized carbons (Fsp3) is 0.632. The molecule has 2 aliphatic rings. The number of carbonyl (C=O) groups is 1. The first-order valence-electron chi connectivity index (χ1n) is 8.86. The summed E-state index contributed by atoms with van der Waals surface area (Å²) in [5.41, 5.74) is 1.06. The molecule has 0 bridgehead atoms. The summed E-state index contributed by atoms with van der Waals surface area (Å²) in [5, 5.41) is 10.8. The van der Waals surface area contributed by atoms with Crippen LogP contribution >= 0.6 is 12.4 Å². The van der Waals surface area contributed by atoms with Crippen LogP contribution in [0.15, 0.2) is 24.3 Å². The van der Waals surface area contributed by atoms with E-state index < -0.39 is 5.60 Å². The molecule has 3 rings (SSSR count). The van der Waals surface area contributed by atoms with E-state index in [9.17, 15) is 9.90 Å². The first-order chi connectivity index (χ1) is 11.2. The molecule has 5 heteroatoms. The van der Waals surface area contributed by atoms with E-state index in [1.807, 2.05) is 24.3 Å². The van der Waals surface area contributed by atoms with E-state index in [4.69, 9.17) is 4.74 Å². The standard InChI is InChI=1S/C19H27NO3.ClH/c21-18(23-14-13-20-11-5-6-12-20)15-16-7-1-2-8-17(16)19(22)9-3-4-10-19;/h1-2,7-8,22H,3-6,9-15H2;1H. The van der Waals surface area contributed by atoms with Crippen molar-refractivity contribution in [2.45, 2.75) is 50.5 Å². The van der Waals surface area contributed by atoms with Gasteiger partial charge >= 0.3 is 5.97 Å². The van der Waals surface area contributed by atoms with Crippen LogP contribution in [-0.4, -0.2) is 42.2 Å². The van der Waals surface area contributed by atoms with Crippen molar-refractivity contribution in [2.75, 3.05) is 26.2 Å². The Kier molecular flexibility index (Phi) is 7.08. The van der Waals surface area contributed by atoms with Gasteiger partial charge in [0.25, 0.3) is 0 Å². The van der Waals surface area contributed by atoms with Crippen molar-refractivity contribution in [3.63, 3.8) is 0 Å². The maximum absolute atomic E-state index is 12.1. The average molecular weight is 354 g/mol. The lowest BCUT2D eigenvalue weighted by Gasteiger charge is -2.25. The van der Waals surface area contributed by atoms with Crippen LogP contribution in [0.25, 0.3) is 0 Å². The lowest BCUT2D eigenvalue weighted by atomic mass is 9.87. The van der Waals surface area contributed by atoms with Crippen molar-refractivity contribution in [3.8, 4) is 0 Å². The number of rotatable bonds is 6. The van der Waals surface area contributed by atoms with E-state index in [2.05, 4.69) is 4.90 Å². The van der Waals surface area contributed by atoms with E-state index in [-0.39, 0.29) is 24.8 Å². The van der Waals surface area contributed by atoms with Crippen LogP contribution < -0.4 is 0 Å². The van der Waals surface area contributed by atoms with Crippen molar-refractivity contribution >= 4 is 18.4 Å². The molecular weight excluding hydrogens is 326 g/mol. The number of halogens is 1. The Balaban J connectivity index is 0.00000208. The fourth-order valence-corrected chi connectivity index (χ4v) is 3.86. The molecule has 0 unspecified atom stereocenters. The molecule has 1 aliphatic carbocycles. The van der Waals surface area contributed by atoms with Gasteiger partial charge in [-0.25, -0.2) is 0 Å². The number of nitrogens with zero attached hydrogens (tertiary/aromatic N) is 1. The predicted octanol–water partition coefficient (Wildman–Crippen LogP) is 3.05. The number of likely N-dealkylation sites (tertiary alicyclic amines) is 1. The molecule has 1 saturated carbocycles. The van der Waals surface area contributed by atoms with E-state index in [0.717, 1.165) is 56.4 Å². The number of aliphatic hydroxyl groups is 1. The number of benzene rings is 1. The fourth-order valence-electron chi connectivity index (χ4n) is 3.86. The average Bonchev–Trinajstić information content (AvgIpc) is 3.20. The Morgan fingerprint density at radius 3 is 2.50 bits per heavy atom. The van der Waals surface area contributed by atoms with Crippen LogP contribution in [0.2, 0.25) is 0 Å². The van der Waals surface area contributed by atoms with Crippen LogP contribution in [-0.2, 0) is 21.6 Å². The molecule has 24 heavy (non-hydrogen) atoms. The zero-order valence-corrected chi connectivity index (χ0v) is 15.0. The summed E-state index contributed by atoms with van der Waals surface area (Å²) in [6.45, 7) is 3.53. The van der Waals surface area contributed by atoms with Crippen LogP contribution in [0.4, 0.5) is 0 Å². The third kappa shape index (κ3) is 4.71.